The van der Waals surface area contributed by atoms with Crippen LogP contribution in [0.1, 0.15) is 16.7 Å². The van der Waals surface area contributed by atoms with Crippen molar-refractivity contribution < 1.29 is 19.0 Å². The van der Waals surface area contributed by atoms with E-state index in [1.54, 1.807) is 13.2 Å². The van der Waals surface area contributed by atoms with Gasteiger partial charge in [-0.2, -0.15) is 0 Å². The second-order valence-corrected chi connectivity index (χ2v) is 4.89. The lowest BCUT2D eigenvalue weighted by Gasteiger charge is -2.15. The molecule has 1 aliphatic rings. The Morgan fingerprint density at radius 2 is 1.91 bits per heavy atom. The first-order valence-electron chi connectivity index (χ1n) is 6.99. The van der Waals surface area contributed by atoms with Crippen molar-refractivity contribution in [3.63, 3.8) is 0 Å². The van der Waals surface area contributed by atoms with Gasteiger partial charge in [-0.15, -0.1) is 0 Å². The molecule has 3 rings (SSSR count). The Kier molecular flexibility index (Phi) is 4.10. The summed E-state index contributed by atoms with van der Waals surface area (Å²) in [6.45, 7) is 0.656. The maximum atomic E-state index is 11.4. The van der Waals surface area contributed by atoms with E-state index in [0.29, 0.717) is 18.1 Å². The first-order chi connectivity index (χ1) is 10.8. The third kappa shape index (κ3) is 2.96. The van der Waals surface area contributed by atoms with Crippen molar-refractivity contribution in [1.29, 1.82) is 0 Å². The molecule has 2 aromatic carbocycles. The normalized spacial score (nSPS) is 13.0. The van der Waals surface area contributed by atoms with Crippen molar-refractivity contribution in [3.05, 3.63) is 65.2 Å². The third-order valence-electron chi connectivity index (χ3n) is 3.45. The van der Waals surface area contributed by atoms with E-state index in [1.165, 1.54) is 6.08 Å². The molecule has 0 spiro atoms. The Hall–Kier alpha value is -2.75. The Bertz CT molecular complexity index is 705. The van der Waals surface area contributed by atoms with Crippen LogP contribution in [0, 0.1) is 0 Å². The summed E-state index contributed by atoms with van der Waals surface area (Å²) in [5, 5.41) is 0. The highest BCUT2D eigenvalue weighted by Crippen LogP contribution is 2.36. The smallest absolute Gasteiger partial charge is 0.331 e. The lowest BCUT2D eigenvalue weighted by molar-refractivity contribution is -0.138. The van der Waals surface area contributed by atoms with Gasteiger partial charge in [0.05, 0.1) is 7.11 Å². The van der Waals surface area contributed by atoms with Crippen molar-refractivity contribution in [2.45, 2.75) is 13.2 Å². The molecule has 1 heterocycles. The highest BCUT2D eigenvalue weighted by Gasteiger charge is 2.17. The highest BCUT2D eigenvalue weighted by atomic mass is 16.5. The van der Waals surface area contributed by atoms with Crippen molar-refractivity contribution in [2.75, 3.05) is 7.11 Å². The monoisotopic (exact) mass is 296 g/mol. The number of carbonyl (C=O) groups excluding carboxylic acids is 1. The quantitative estimate of drug-likeness (QED) is 0.812. The van der Waals surface area contributed by atoms with Crippen molar-refractivity contribution >= 4 is 12.0 Å². The van der Waals surface area contributed by atoms with Crippen LogP contribution in [0.2, 0.25) is 0 Å². The van der Waals surface area contributed by atoms with E-state index in [1.807, 2.05) is 42.5 Å². The number of rotatable bonds is 4. The first kappa shape index (κ1) is 14.2. The fourth-order valence-corrected chi connectivity index (χ4v) is 2.32. The van der Waals surface area contributed by atoms with Crippen LogP contribution in [-0.4, -0.2) is 13.1 Å². The molecule has 0 fully saturated rings. The lowest BCUT2D eigenvalue weighted by atomic mass is 10.1. The fraction of sp³-hybridized carbons (Fsp3) is 0.167. The topological polar surface area (TPSA) is 44.8 Å². The van der Waals surface area contributed by atoms with Gasteiger partial charge < -0.3 is 14.2 Å². The molecule has 0 aliphatic carbocycles. The van der Waals surface area contributed by atoms with Crippen molar-refractivity contribution in [1.82, 2.24) is 0 Å². The zero-order valence-corrected chi connectivity index (χ0v) is 12.2. The summed E-state index contributed by atoms with van der Waals surface area (Å²) < 4.78 is 16.4. The van der Waals surface area contributed by atoms with Gasteiger partial charge >= 0.3 is 5.97 Å². The van der Waals surface area contributed by atoms with E-state index in [0.717, 1.165) is 16.7 Å². The molecule has 0 bridgehead atoms. The number of methoxy groups -OCH3 is 1. The van der Waals surface area contributed by atoms with E-state index >= 15 is 0 Å². The second kappa shape index (κ2) is 6.35. The minimum absolute atomic E-state index is 0.229. The summed E-state index contributed by atoms with van der Waals surface area (Å²) in [6, 6.07) is 13.6. The SMILES string of the molecule is COc1ccc2c(c1OCc1ccccc1)C=CC(=O)OC2. The molecule has 1 aliphatic heterocycles. The Morgan fingerprint density at radius 3 is 2.68 bits per heavy atom. The molecule has 0 atom stereocenters. The number of carbonyl (C=O) groups is 1. The van der Waals surface area contributed by atoms with Gasteiger partial charge in [0.15, 0.2) is 11.5 Å². The number of cyclic esters (lactones) is 1. The summed E-state index contributed by atoms with van der Waals surface area (Å²) in [6.07, 6.45) is 3.12. The van der Waals surface area contributed by atoms with Gasteiger partial charge in [0.25, 0.3) is 0 Å². The molecule has 0 radical (unpaired) electrons. The zero-order chi connectivity index (χ0) is 15.4. The highest BCUT2D eigenvalue weighted by molar-refractivity contribution is 5.89. The average Bonchev–Trinajstić information content (AvgIpc) is 2.75. The summed E-state index contributed by atoms with van der Waals surface area (Å²) in [4.78, 5) is 11.4. The number of esters is 1. The molecule has 0 saturated carbocycles. The van der Waals surface area contributed by atoms with E-state index in [2.05, 4.69) is 0 Å². The Morgan fingerprint density at radius 1 is 1.09 bits per heavy atom. The lowest BCUT2D eigenvalue weighted by Crippen LogP contribution is -2.02. The fourth-order valence-electron chi connectivity index (χ4n) is 2.32. The van der Waals surface area contributed by atoms with Crippen LogP contribution >= 0.6 is 0 Å². The van der Waals surface area contributed by atoms with Crippen LogP contribution in [0.15, 0.2) is 48.5 Å². The molecule has 0 unspecified atom stereocenters. The van der Waals surface area contributed by atoms with E-state index < -0.39 is 0 Å². The predicted molar refractivity (Wildman–Crippen MR) is 82.6 cm³/mol. The molecule has 0 amide bonds. The van der Waals surface area contributed by atoms with Crippen molar-refractivity contribution in [2.24, 2.45) is 0 Å². The predicted octanol–water partition coefficient (Wildman–Crippen LogP) is 3.34. The molecule has 0 saturated heterocycles. The molecule has 0 N–H and O–H groups in total. The van der Waals surface area contributed by atoms with Crippen LogP contribution in [0.3, 0.4) is 0 Å². The number of fused-ring (bicyclic) bond motifs is 1. The molecular weight excluding hydrogens is 280 g/mol. The first-order valence-corrected chi connectivity index (χ1v) is 6.99. The molecule has 112 valence electrons. The number of hydrogen-bond acceptors (Lipinski definition) is 4. The van der Waals surface area contributed by atoms with E-state index in [9.17, 15) is 4.79 Å². The maximum absolute atomic E-state index is 11.4. The summed E-state index contributed by atoms with van der Waals surface area (Å²) in [5.74, 6) is 0.899. The van der Waals surface area contributed by atoms with Gasteiger partial charge in [-0.05, 0) is 17.7 Å². The van der Waals surface area contributed by atoms with Gasteiger partial charge in [0, 0.05) is 17.2 Å². The Labute approximate surface area is 128 Å². The third-order valence-corrected chi connectivity index (χ3v) is 3.45. The van der Waals surface area contributed by atoms with E-state index in [-0.39, 0.29) is 12.6 Å². The van der Waals surface area contributed by atoms with Crippen LogP contribution in [0.5, 0.6) is 11.5 Å². The number of hydrogen-bond donors (Lipinski definition) is 0. The standard InChI is InChI=1S/C18H16O4/c1-20-16-9-7-14-12-21-17(19)10-8-15(14)18(16)22-11-13-5-3-2-4-6-13/h2-10H,11-12H2,1H3. The number of ether oxygens (including phenoxy) is 3. The Balaban J connectivity index is 1.94. The van der Waals surface area contributed by atoms with Gasteiger partial charge in [0.2, 0.25) is 0 Å². The van der Waals surface area contributed by atoms with E-state index in [4.69, 9.17) is 14.2 Å². The molecule has 4 nitrogen and oxygen atoms in total. The van der Waals surface area contributed by atoms with Crippen LogP contribution in [-0.2, 0) is 22.7 Å². The number of benzene rings is 2. The summed E-state index contributed by atoms with van der Waals surface area (Å²) >= 11 is 0. The maximum Gasteiger partial charge on any atom is 0.331 e. The van der Waals surface area contributed by atoms with Gasteiger partial charge in [-0.3, -0.25) is 0 Å². The summed E-state index contributed by atoms with van der Waals surface area (Å²) in [7, 11) is 1.60. The van der Waals surface area contributed by atoms with Crippen LogP contribution in [0.4, 0.5) is 0 Å². The average molecular weight is 296 g/mol. The minimum Gasteiger partial charge on any atom is -0.493 e. The van der Waals surface area contributed by atoms with Crippen molar-refractivity contribution in [3.8, 4) is 11.5 Å². The van der Waals surface area contributed by atoms with Gasteiger partial charge in [-0.1, -0.05) is 36.4 Å². The molecule has 0 aromatic heterocycles. The molecule has 22 heavy (non-hydrogen) atoms. The van der Waals surface area contributed by atoms with Gasteiger partial charge in [0.1, 0.15) is 13.2 Å². The zero-order valence-electron chi connectivity index (χ0n) is 12.2. The molecule has 2 aromatic rings. The second-order valence-electron chi connectivity index (χ2n) is 4.89. The molecular formula is C18H16O4. The largest absolute Gasteiger partial charge is 0.493 e. The van der Waals surface area contributed by atoms with Gasteiger partial charge in [-0.25, -0.2) is 4.79 Å². The minimum atomic E-state index is -0.357. The molecule has 4 heteroatoms. The van der Waals surface area contributed by atoms with Crippen LogP contribution < -0.4 is 9.47 Å². The summed E-state index contributed by atoms with van der Waals surface area (Å²) in [5.41, 5.74) is 2.78. The van der Waals surface area contributed by atoms with Crippen LogP contribution in [0.25, 0.3) is 6.08 Å².